The van der Waals surface area contributed by atoms with Crippen LogP contribution in [0.2, 0.25) is 0 Å². The third kappa shape index (κ3) is 5.88. The molecule has 2 aromatic carbocycles. The van der Waals surface area contributed by atoms with Crippen molar-refractivity contribution in [2.24, 2.45) is 5.73 Å². The van der Waals surface area contributed by atoms with Crippen LogP contribution in [0.4, 0.5) is 0 Å². The van der Waals surface area contributed by atoms with Gasteiger partial charge in [-0.25, -0.2) is 4.79 Å². The Bertz CT molecular complexity index is 936. The van der Waals surface area contributed by atoms with E-state index in [1.54, 1.807) is 0 Å². The van der Waals surface area contributed by atoms with E-state index in [-0.39, 0.29) is 17.8 Å². The van der Waals surface area contributed by atoms with Gasteiger partial charge in [0.2, 0.25) is 5.76 Å². The molecular formula is C24H27BrN2O4. The zero-order valence-electron chi connectivity index (χ0n) is 17.3. The van der Waals surface area contributed by atoms with Gasteiger partial charge in [-0.3, -0.25) is 4.79 Å². The first kappa shape index (κ1) is 22.9. The molecule has 6 nitrogen and oxygen atoms in total. The Balaban J connectivity index is 1.66. The molecule has 7 heteroatoms. The second-order valence-electron chi connectivity index (χ2n) is 7.82. The Labute approximate surface area is 190 Å². The molecule has 1 saturated carbocycles. The molecule has 1 aliphatic rings. The summed E-state index contributed by atoms with van der Waals surface area (Å²) in [6, 6.07) is 17.5. The van der Waals surface area contributed by atoms with Crippen molar-refractivity contribution < 1.29 is 19.4 Å². The van der Waals surface area contributed by atoms with Crippen LogP contribution in [0.5, 0.6) is 0 Å². The van der Waals surface area contributed by atoms with E-state index in [0.29, 0.717) is 6.54 Å². The molecule has 0 unspecified atom stereocenters. The lowest BCUT2D eigenvalue weighted by atomic mass is 9.76. The quantitative estimate of drug-likeness (QED) is 0.363. The molecule has 4 N–H and O–H groups in total. The number of nitrogens with two attached hydrogens (primary N) is 1. The lowest BCUT2D eigenvalue weighted by molar-refractivity contribution is -0.134. The van der Waals surface area contributed by atoms with Crippen molar-refractivity contribution in [3.63, 3.8) is 0 Å². The van der Waals surface area contributed by atoms with Gasteiger partial charge < -0.3 is 20.9 Å². The van der Waals surface area contributed by atoms with E-state index in [9.17, 15) is 14.7 Å². The predicted octanol–water partition coefficient (Wildman–Crippen LogP) is 4.24. The molecule has 164 valence electrons. The van der Waals surface area contributed by atoms with Gasteiger partial charge in [-0.2, -0.15) is 0 Å². The minimum absolute atomic E-state index is 0.0150. The molecule has 0 atom stereocenters. The highest BCUT2D eigenvalue weighted by Gasteiger charge is 2.35. The first-order chi connectivity index (χ1) is 14.9. The minimum Gasteiger partial charge on any atom is -0.481 e. The molecule has 0 heterocycles. The summed E-state index contributed by atoms with van der Waals surface area (Å²) in [6.07, 6.45) is 5.20. The number of carboxylic acids is 1. The average molecular weight is 487 g/mol. The molecule has 0 aromatic heterocycles. The van der Waals surface area contributed by atoms with Crippen molar-refractivity contribution >= 4 is 27.8 Å². The number of carboxylic acid groups (broad SMARTS) is 1. The standard InChI is InChI=1S/C24H27BrN2O4/c25-19-10-8-18(9-11-19)24(12-4-5-13-24)14-15-27-22(28)21(20(26)23(29)30)31-16-17-6-2-1-3-7-17/h1-3,6-11H,4-5,12-16,26H2,(H,27,28)(H,29,30)/b21-20+. The smallest absolute Gasteiger partial charge is 0.355 e. The highest BCUT2D eigenvalue weighted by Crippen LogP contribution is 2.43. The van der Waals surface area contributed by atoms with Crippen molar-refractivity contribution in [3.8, 4) is 0 Å². The molecular weight excluding hydrogens is 460 g/mol. The van der Waals surface area contributed by atoms with Crippen molar-refractivity contribution in [2.75, 3.05) is 6.54 Å². The van der Waals surface area contributed by atoms with Crippen LogP contribution >= 0.6 is 15.9 Å². The van der Waals surface area contributed by atoms with Gasteiger partial charge in [-0.05, 0) is 47.9 Å². The SMILES string of the molecule is N/C(C(=O)O)=C(/OCc1ccccc1)C(=O)NCCC1(c2ccc(Br)cc2)CCCC1. The van der Waals surface area contributed by atoms with E-state index in [4.69, 9.17) is 10.5 Å². The molecule has 0 bridgehead atoms. The number of ether oxygens (including phenoxy) is 1. The summed E-state index contributed by atoms with van der Waals surface area (Å²) >= 11 is 3.48. The molecule has 0 aliphatic heterocycles. The fourth-order valence-corrected chi connectivity index (χ4v) is 4.39. The van der Waals surface area contributed by atoms with Crippen LogP contribution in [0.3, 0.4) is 0 Å². The van der Waals surface area contributed by atoms with Crippen LogP contribution < -0.4 is 11.1 Å². The molecule has 3 rings (SSSR count). The molecule has 1 amide bonds. The highest BCUT2D eigenvalue weighted by molar-refractivity contribution is 9.10. The van der Waals surface area contributed by atoms with Gasteiger partial charge in [0.15, 0.2) is 5.70 Å². The van der Waals surface area contributed by atoms with E-state index in [2.05, 4.69) is 33.4 Å². The second-order valence-corrected chi connectivity index (χ2v) is 8.74. The summed E-state index contributed by atoms with van der Waals surface area (Å²) in [5.74, 6) is -2.36. The van der Waals surface area contributed by atoms with Crippen molar-refractivity contribution in [1.82, 2.24) is 5.32 Å². The lowest BCUT2D eigenvalue weighted by Gasteiger charge is -2.30. The first-order valence-corrected chi connectivity index (χ1v) is 11.1. The second kappa shape index (κ2) is 10.5. The Kier molecular flexibility index (Phi) is 7.74. The summed E-state index contributed by atoms with van der Waals surface area (Å²) in [6.45, 7) is 0.459. The number of benzene rings is 2. The number of carbonyl (C=O) groups excluding carboxylic acids is 1. The molecule has 0 saturated heterocycles. The van der Waals surface area contributed by atoms with Crippen LogP contribution in [0, 0.1) is 0 Å². The minimum atomic E-state index is -1.39. The molecule has 1 fully saturated rings. The van der Waals surface area contributed by atoms with Crippen molar-refractivity contribution in [2.45, 2.75) is 44.1 Å². The topological polar surface area (TPSA) is 102 Å². The average Bonchev–Trinajstić information content (AvgIpc) is 3.25. The maximum Gasteiger partial charge on any atom is 0.355 e. The number of amides is 1. The molecule has 1 aliphatic carbocycles. The van der Waals surface area contributed by atoms with Gasteiger partial charge in [0.1, 0.15) is 6.61 Å². The monoisotopic (exact) mass is 486 g/mol. The molecule has 0 radical (unpaired) electrons. The third-order valence-corrected chi connectivity index (χ3v) is 6.34. The number of hydrogen-bond donors (Lipinski definition) is 3. The first-order valence-electron chi connectivity index (χ1n) is 10.4. The Morgan fingerprint density at radius 2 is 1.71 bits per heavy atom. The van der Waals surface area contributed by atoms with Crippen molar-refractivity contribution in [3.05, 3.63) is 81.7 Å². The van der Waals surface area contributed by atoms with E-state index in [1.807, 2.05) is 42.5 Å². The fourth-order valence-electron chi connectivity index (χ4n) is 4.13. The summed E-state index contributed by atoms with van der Waals surface area (Å²) in [7, 11) is 0. The van der Waals surface area contributed by atoms with Crippen molar-refractivity contribution in [1.29, 1.82) is 0 Å². The number of rotatable bonds is 9. The fraction of sp³-hybridized carbons (Fsp3) is 0.333. The van der Waals surface area contributed by atoms with Gasteiger partial charge in [0.25, 0.3) is 5.91 Å². The largest absolute Gasteiger partial charge is 0.481 e. The number of hydrogen-bond acceptors (Lipinski definition) is 4. The number of halogens is 1. The number of aliphatic carboxylic acids is 1. The summed E-state index contributed by atoms with van der Waals surface area (Å²) in [4.78, 5) is 24.1. The van der Waals surface area contributed by atoms with Gasteiger partial charge in [0, 0.05) is 11.0 Å². The molecule has 2 aromatic rings. The summed E-state index contributed by atoms with van der Waals surface area (Å²) in [5, 5.41) is 12.1. The van der Waals surface area contributed by atoms with E-state index in [1.165, 1.54) is 5.56 Å². The Morgan fingerprint density at radius 3 is 2.32 bits per heavy atom. The highest BCUT2D eigenvalue weighted by atomic mass is 79.9. The molecule has 31 heavy (non-hydrogen) atoms. The van der Waals surface area contributed by atoms with E-state index >= 15 is 0 Å². The maximum absolute atomic E-state index is 12.7. The summed E-state index contributed by atoms with van der Waals surface area (Å²) < 4.78 is 6.55. The predicted molar refractivity (Wildman–Crippen MR) is 122 cm³/mol. The van der Waals surface area contributed by atoms with Crippen LogP contribution in [0.15, 0.2) is 70.5 Å². The normalized spacial score (nSPS) is 15.8. The van der Waals surface area contributed by atoms with Crippen LogP contribution in [0.25, 0.3) is 0 Å². The van der Waals surface area contributed by atoms with Gasteiger partial charge in [-0.15, -0.1) is 0 Å². The Hall–Kier alpha value is -2.80. The zero-order chi connectivity index (χ0) is 22.3. The lowest BCUT2D eigenvalue weighted by Crippen LogP contribution is -2.34. The van der Waals surface area contributed by atoms with E-state index < -0.39 is 17.6 Å². The number of nitrogens with one attached hydrogen (secondary N) is 1. The van der Waals surface area contributed by atoms with E-state index in [0.717, 1.165) is 42.1 Å². The van der Waals surface area contributed by atoms with Gasteiger partial charge in [0.05, 0.1) is 0 Å². The van der Waals surface area contributed by atoms with Crippen LogP contribution in [-0.4, -0.2) is 23.5 Å². The zero-order valence-corrected chi connectivity index (χ0v) is 18.9. The van der Waals surface area contributed by atoms with Crippen LogP contribution in [0.1, 0.15) is 43.2 Å². The third-order valence-electron chi connectivity index (χ3n) is 5.81. The maximum atomic E-state index is 12.7. The summed E-state index contributed by atoms with van der Waals surface area (Å²) in [5.41, 5.74) is 7.13. The van der Waals surface area contributed by atoms with Gasteiger partial charge in [-0.1, -0.05) is 71.2 Å². The van der Waals surface area contributed by atoms with Gasteiger partial charge >= 0.3 is 5.97 Å². The molecule has 0 spiro atoms. The Morgan fingerprint density at radius 1 is 1.06 bits per heavy atom. The van der Waals surface area contributed by atoms with Crippen LogP contribution in [-0.2, 0) is 26.3 Å². The number of carbonyl (C=O) groups is 2.